The third-order valence-corrected chi connectivity index (χ3v) is 3.78. The first-order chi connectivity index (χ1) is 13.1. The van der Waals surface area contributed by atoms with Gasteiger partial charge < -0.3 is 4.74 Å². The van der Waals surface area contributed by atoms with Crippen molar-refractivity contribution in [1.29, 1.82) is 0 Å². The summed E-state index contributed by atoms with van der Waals surface area (Å²) in [5, 5.41) is 15.7. The Morgan fingerprint density at radius 3 is 2.70 bits per heavy atom. The van der Waals surface area contributed by atoms with E-state index in [1.165, 1.54) is 18.2 Å². The fourth-order valence-corrected chi connectivity index (χ4v) is 2.56. The van der Waals surface area contributed by atoms with Gasteiger partial charge in [0, 0.05) is 35.5 Å². The van der Waals surface area contributed by atoms with E-state index in [0.717, 1.165) is 5.69 Å². The molecular formula is C20H17N3O4. The molecule has 0 amide bonds. The molecule has 0 unspecified atom stereocenters. The number of aromatic nitrogens is 2. The number of benzene rings is 2. The molecule has 0 aliphatic carbocycles. The summed E-state index contributed by atoms with van der Waals surface area (Å²) in [6, 6.07) is 15.7. The van der Waals surface area contributed by atoms with Crippen LogP contribution in [0.5, 0.6) is 0 Å². The monoisotopic (exact) mass is 363 g/mol. The minimum atomic E-state index is -0.463. The predicted octanol–water partition coefficient (Wildman–Crippen LogP) is 4.02. The summed E-state index contributed by atoms with van der Waals surface area (Å²) >= 11 is 0. The van der Waals surface area contributed by atoms with Crippen LogP contribution in [0.3, 0.4) is 0 Å². The van der Waals surface area contributed by atoms with Crippen LogP contribution >= 0.6 is 0 Å². The van der Waals surface area contributed by atoms with Gasteiger partial charge in [0.1, 0.15) is 5.69 Å². The Hall–Kier alpha value is -3.74. The van der Waals surface area contributed by atoms with Gasteiger partial charge in [-0.2, -0.15) is 5.10 Å². The Labute approximate surface area is 155 Å². The molecule has 136 valence electrons. The van der Waals surface area contributed by atoms with E-state index in [0.29, 0.717) is 16.8 Å². The second-order valence-corrected chi connectivity index (χ2v) is 5.61. The molecule has 0 radical (unpaired) electrons. The first kappa shape index (κ1) is 18.1. The summed E-state index contributed by atoms with van der Waals surface area (Å²) in [4.78, 5) is 22.3. The molecule has 7 nitrogen and oxygen atoms in total. The lowest BCUT2D eigenvalue weighted by molar-refractivity contribution is -0.384. The van der Waals surface area contributed by atoms with Crippen molar-refractivity contribution in [2.24, 2.45) is 0 Å². The average Bonchev–Trinajstić information content (AvgIpc) is 3.12. The molecule has 1 heterocycles. The highest BCUT2D eigenvalue weighted by atomic mass is 16.6. The zero-order valence-electron chi connectivity index (χ0n) is 14.6. The molecule has 1 aromatic heterocycles. The van der Waals surface area contributed by atoms with Gasteiger partial charge in [0.25, 0.3) is 5.69 Å². The fourth-order valence-electron chi connectivity index (χ4n) is 2.56. The van der Waals surface area contributed by atoms with Gasteiger partial charge in [-0.1, -0.05) is 30.3 Å². The Morgan fingerprint density at radius 1 is 1.22 bits per heavy atom. The van der Waals surface area contributed by atoms with Crippen molar-refractivity contribution in [2.45, 2.75) is 6.92 Å². The number of esters is 1. The highest BCUT2D eigenvalue weighted by Gasteiger charge is 2.14. The normalized spacial score (nSPS) is 10.9. The van der Waals surface area contributed by atoms with E-state index in [9.17, 15) is 14.9 Å². The molecule has 0 aliphatic rings. The Balaban J connectivity index is 2.07. The van der Waals surface area contributed by atoms with E-state index in [4.69, 9.17) is 4.74 Å². The smallest absolute Gasteiger partial charge is 0.330 e. The first-order valence-corrected chi connectivity index (χ1v) is 8.33. The topological polar surface area (TPSA) is 87.3 Å². The molecule has 27 heavy (non-hydrogen) atoms. The van der Waals surface area contributed by atoms with Crippen LogP contribution in [0.4, 0.5) is 5.69 Å². The highest BCUT2D eigenvalue weighted by molar-refractivity contribution is 5.88. The molecule has 0 spiro atoms. The number of hydrogen-bond acceptors (Lipinski definition) is 5. The Kier molecular flexibility index (Phi) is 5.41. The van der Waals surface area contributed by atoms with Crippen LogP contribution in [-0.4, -0.2) is 27.3 Å². The minimum absolute atomic E-state index is 0.0258. The van der Waals surface area contributed by atoms with Gasteiger partial charge in [-0.3, -0.25) is 10.1 Å². The largest absolute Gasteiger partial charge is 0.463 e. The third-order valence-electron chi connectivity index (χ3n) is 3.78. The lowest BCUT2D eigenvalue weighted by Gasteiger charge is -2.01. The maximum absolute atomic E-state index is 11.7. The van der Waals surface area contributed by atoms with Crippen molar-refractivity contribution in [1.82, 2.24) is 9.78 Å². The molecule has 7 heteroatoms. The fraction of sp³-hybridized carbons (Fsp3) is 0.100. The van der Waals surface area contributed by atoms with Crippen molar-refractivity contribution in [3.63, 3.8) is 0 Å². The molecule has 0 N–H and O–H groups in total. The Morgan fingerprint density at radius 2 is 2.00 bits per heavy atom. The average molecular weight is 363 g/mol. The van der Waals surface area contributed by atoms with Crippen LogP contribution in [0.25, 0.3) is 23.0 Å². The molecule has 3 rings (SSSR count). The van der Waals surface area contributed by atoms with Crippen molar-refractivity contribution in [2.75, 3.05) is 6.61 Å². The zero-order valence-corrected chi connectivity index (χ0v) is 14.6. The van der Waals surface area contributed by atoms with Crippen LogP contribution < -0.4 is 0 Å². The summed E-state index contributed by atoms with van der Waals surface area (Å²) in [6.45, 7) is 2.01. The second kappa shape index (κ2) is 8.09. The van der Waals surface area contributed by atoms with E-state index in [-0.39, 0.29) is 12.3 Å². The molecule has 0 bridgehead atoms. The van der Waals surface area contributed by atoms with Crippen LogP contribution in [0, 0.1) is 10.1 Å². The molecule has 0 fully saturated rings. The molecule has 2 aromatic carbocycles. The van der Waals surface area contributed by atoms with E-state index in [2.05, 4.69) is 5.10 Å². The van der Waals surface area contributed by atoms with Crippen molar-refractivity contribution in [3.05, 3.63) is 82.5 Å². The molecular weight excluding hydrogens is 346 g/mol. The van der Waals surface area contributed by atoms with E-state index in [1.54, 1.807) is 36.0 Å². The number of hydrogen-bond donors (Lipinski definition) is 0. The van der Waals surface area contributed by atoms with Gasteiger partial charge in [0.05, 0.1) is 17.2 Å². The third kappa shape index (κ3) is 4.27. The van der Waals surface area contributed by atoms with Gasteiger partial charge >= 0.3 is 5.97 Å². The van der Waals surface area contributed by atoms with Crippen molar-refractivity contribution < 1.29 is 14.5 Å². The number of carbonyl (C=O) groups excluding carboxylic acids is 1. The van der Waals surface area contributed by atoms with Crippen LogP contribution in [0.1, 0.15) is 12.5 Å². The van der Waals surface area contributed by atoms with Gasteiger partial charge in [-0.15, -0.1) is 0 Å². The summed E-state index contributed by atoms with van der Waals surface area (Å²) in [5.41, 5.74) is 2.57. The standard InChI is InChI=1S/C20H17N3O4/c1-2-27-19(24)12-11-16-14-22(17-8-4-3-5-9-17)21-20(16)15-7-6-10-18(13-15)23(25)26/h3-14H,2H2,1H3/b12-11+. The van der Waals surface area contributed by atoms with Crippen LogP contribution in [0.15, 0.2) is 66.9 Å². The van der Waals surface area contributed by atoms with E-state index in [1.807, 2.05) is 30.3 Å². The van der Waals surface area contributed by atoms with Gasteiger partial charge in [0.15, 0.2) is 0 Å². The van der Waals surface area contributed by atoms with E-state index < -0.39 is 10.9 Å². The SMILES string of the molecule is CCOC(=O)/C=C/c1cn(-c2ccccc2)nc1-c1cccc([N+](=O)[O-])c1. The number of non-ortho nitro benzene ring substituents is 1. The lowest BCUT2D eigenvalue weighted by atomic mass is 10.1. The quantitative estimate of drug-likeness (QED) is 0.286. The summed E-state index contributed by atoms with van der Waals surface area (Å²) in [5.74, 6) is -0.463. The van der Waals surface area contributed by atoms with Gasteiger partial charge in [0.2, 0.25) is 0 Å². The summed E-state index contributed by atoms with van der Waals surface area (Å²) in [7, 11) is 0. The molecule has 0 aliphatic heterocycles. The molecule has 0 saturated heterocycles. The number of rotatable bonds is 6. The number of nitro groups is 1. The number of para-hydroxylation sites is 1. The number of nitrogens with zero attached hydrogens (tertiary/aromatic N) is 3. The molecule has 3 aromatic rings. The zero-order chi connectivity index (χ0) is 19.2. The Bertz CT molecular complexity index is 993. The van der Waals surface area contributed by atoms with Crippen molar-refractivity contribution in [3.8, 4) is 16.9 Å². The number of carbonyl (C=O) groups is 1. The van der Waals surface area contributed by atoms with Crippen LogP contribution in [-0.2, 0) is 9.53 Å². The van der Waals surface area contributed by atoms with Gasteiger partial charge in [-0.25, -0.2) is 9.48 Å². The lowest BCUT2D eigenvalue weighted by Crippen LogP contribution is -1.98. The predicted molar refractivity (Wildman–Crippen MR) is 101 cm³/mol. The summed E-state index contributed by atoms with van der Waals surface area (Å²) < 4.78 is 6.57. The minimum Gasteiger partial charge on any atom is -0.463 e. The molecule has 0 saturated carbocycles. The molecule has 0 atom stereocenters. The maximum Gasteiger partial charge on any atom is 0.330 e. The van der Waals surface area contributed by atoms with Crippen LogP contribution in [0.2, 0.25) is 0 Å². The number of nitro benzene ring substituents is 1. The van der Waals surface area contributed by atoms with Crippen molar-refractivity contribution >= 4 is 17.7 Å². The maximum atomic E-state index is 11.7. The van der Waals surface area contributed by atoms with E-state index >= 15 is 0 Å². The van der Waals surface area contributed by atoms with Gasteiger partial charge in [-0.05, 0) is 25.1 Å². The number of ether oxygens (including phenoxy) is 1. The second-order valence-electron chi connectivity index (χ2n) is 5.61. The summed E-state index contributed by atoms with van der Waals surface area (Å²) in [6.07, 6.45) is 4.68. The highest BCUT2D eigenvalue weighted by Crippen LogP contribution is 2.27. The first-order valence-electron chi connectivity index (χ1n) is 8.33.